The van der Waals surface area contributed by atoms with Crippen molar-refractivity contribution in [3.05, 3.63) is 65.2 Å². The third-order valence-electron chi connectivity index (χ3n) is 3.81. The number of amides is 2. The van der Waals surface area contributed by atoms with Crippen LogP contribution < -0.4 is 10.6 Å². The molecule has 142 valence electrons. The highest BCUT2D eigenvalue weighted by Gasteiger charge is 2.15. The van der Waals surface area contributed by atoms with Gasteiger partial charge in [-0.05, 0) is 54.6 Å². The molecule has 6 nitrogen and oxygen atoms in total. The molecule has 0 bridgehead atoms. The molecule has 0 saturated carbocycles. The topological polar surface area (TPSA) is 95.5 Å². The van der Waals surface area contributed by atoms with E-state index in [1.54, 1.807) is 24.3 Å². The Hall–Kier alpha value is -2.80. The number of rotatable bonds is 8. The lowest BCUT2D eigenvalue weighted by Gasteiger charge is -2.10. The molecule has 0 heterocycles. The lowest BCUT2D eigenvalue weighted by Crippen LogP contribution is -2.38. The standard InChI is InChI=1S/C20H22N2O4S/c1-3-27-12-14-4-6-15(7-5-14)19(24)22-17-10-8-16(9-11-17)18(23)21-13(2)20(25)26/h4-11,13H,3,12H2,1-2H3,(H,21,23)(H,22,24)(H,25,26). The Bertz CT molecular complexity index is 804. The molecule has 0 aliphatic carbocycles. The molecular formula is C20H22N2O4S. The van der Waals surface area contributed by atoms with E-state index in [0.717, 1.165) is 11.5 Å². The zero-order valence-electron chi connectivity index (χ0n) is 15.2. The van der Waals surface area contributed by atoms with Crippen LogP contribution >= 0.6 is 11.8 Å². The number of thioether (sulfide) groups is 1. The van der Waals surface area contributed by atoms with Gasteiger partial charge in [0.1, 0.15) is 6.04 Å². The van der Waals surface area contributed by atoms with Crippen LogP contribution in [0.15, 0.2) is 48.5 Å². The monoisotopic (exact) mass is 386 g/mol. The van der Waals surface area contributed by atoms with Gasteiger partial charge in [0.25, 0.3) is 11.8 Å². The van der Waals surface area contributed by atoms with Crippen LogP contribution in [0.2, 0.25) is 0 Å². The van der Waals surface area contributed by atoms with Gasteiger partial charge in [0, 0.05) is 22.6 Å². The van der Waals surface area contributed by atoms with Crippen LogP contribution in [-0.4, -0.2) is 34.7 Å². The summed E-state index contributed by atoms with van der Waals surface area (Å²) in [4.78, 5) is 35.1. The van der Waals surface area contributed by atoms with Gasteiger partial charge < -0.3 is 15.7 Å². The van der Waals surface area contributed by atoms with Crippen molar-refractivity contribution in [3.63, 3.8) is 0 Å². The Labute approximate surface area is 162 Å². The van der Waals surface area contributed by atoms with Gasteiger partial charge in [0.05, 0.1) is 0 Å². The number of hydrogen-bond donors (Lipinski definition) is 3. The number of hydrogen-bond acceptors (Lipinski definition) is 4. The maximum atomic E-state index is 12.3. The second-order valence-electron chi connectivity index (χ2n) is 5.90. The van der Waals surface area contributed by atoms with Crippen LogP contribution in [0.4, 0.5) is 5.69 Å². The van der Waals surface area contributed by atoms with E-state index in [4.69, 9.17) is 5.11 Å². The molecule has 0 aliphatic rings. The smallest absolute Gasteiger partial charge is 0.325 e. The van der Waals surface area contributed by atoms with Crippen LogP contribution in [-0.2, 0) is 10.5 Å². The number of carbonyl (C=O) groups excluding carboxylic acids is 2. The van der Waals surface area contributed by atoms with E-state index in [1.807, 2.05) is 23.9 Å². The molecule has 1 unspecified atom stereocenters. The maximum Gasteiger partial charge on any atom is 0.325 e. The molecule has 0 fully saturated rings. The first kappa shape index (κ1) is 20.5. The highest BCUT2D eigenvalue weighted by molar-refractivity contribution is 7.98. The van der Waals surface area contributed by atoms with Crippen molar-refractivity contribution in [2.75, 3.05) is 11.1 Å². The Kier molecular flexibility index (Phi) is 7.43. The summed E-state index contributed by atoms with van der Waals surface area (Å²) in [5.74, 6) is 0.143. The van der Waals surface area contributed by atoms with Gasteiger partial charge in [-0.2, -0.15) is 11.8 Å². The van der Waals surface area contributed by atoms with Gasteiger partial charge >= 0.3 is 5.97 Å². The lowest BCUT2D eigenvalue weighted by atomic mass is 10.1. The average molecular weight is 386 g/mol. The summed E-state index contributed by atoms with van der Waals surface area (Å²) in [6.45, 7) is 3.50. The van der Waals surface area contributed by atoms with Crippen molar-refractivity contribution in [1.82, 2.24) is 5.32 Å². The number of aliphatic carboxylic acids is 1. The predicted molar refractivity (Wildman–Crippen MR) is 107 cm³/mol. The van der Waals surface area contributed by atoms with Crippen molar-refractivity contribution in [2.24, 2.45) is 0 Å². The van der Waals surface area contributed by atoms with Crippen LogP contribution in [0.25, 0.3) is 0 Å². The molecule has 2 rings (SSSR count). The molecule has 0 spiro atoms. The fraction of sp³-hybridized carbons (Fsp3) is 0.250. The van der Waals surface area contributed by atoms with E-state index in [1.165, 1.54) is 24.6 Å². The van der Waals surface area contributed by atoms with Gasteiger partial charge in [0.2, 0.25) is 0 Å². The normalized spacial score (nSPS) is 11.5. The summed E-state index contributed by atoms with van der Waals surface area (Å²) in [7, 11) is 0. The van der Waals surface area contributed by atoms with Gasteiger partial charge in [-0.25, -0.2) is 0 Å². The summed E-state index contributed by atoms with van der Waals surface area (Å²) in [6.07, 6.45) is 0. The Morgan fingerprint density at radius 2 is 1.52 bits per heavy atom. The average Bonchev–Trinajstić information content (AvgIpc) is 2.67. The van der Waals surface area contributed by atoms with Crippen LogP contribution in [0.3, 0.4) is 0 Å². The Morgan fingerprint density at radius 1 is 0.963 bits per heavy atom. The van der Waals surface area contributed by atoms with Crippen molar-refractivity contribution < 1.29 is 19.5 Å². The zero-order chi connectivity index (χ0) is 19.8. The molecule has 0 aliphatic heterocycles. The first-order chi connectivity index (χ1) is 12.9. The van der Waals surface area contributed by atoms with E-state index in [9.17, 15) is 14.4 Å². The minimum absolute atomic E-state index is 0.235. The largest absolute Gasteiger partial charge is 0.480 e. The van der Waals surface area contributed by atoms with E-state index < -0.39 is 17.9 Å². The van der Waals surface area contributed by atoms with Gasteiger partial charge in [-0.3, -0.25) is 14.4 Å². The molecule has 7 heteroatoms. The fourth-order valence-corrected chi connectivity index (χ4v) is 2.85. The molecule has 0 radical (unpaired) electrons. The molecule has 1 atom stereocenters. The summed E-state index contributed by atoms with van der Waals surface area (Å²) in [5.41, 5.74) is 2.59. The second-order valence-corrected chi connectivity index (χ2v) is 7.17. The van der Waals surface area contributed by atoms with Crippen molar-refractivity contribution in [1.29, 1.82) is 0 Å². The number of carboxylic acid groups (broad SMARTS) is 1. The van der Waals surface area contributed by atoms with E-state index >= 15 is 0 Å². The lowest BCUT2D eigenvalue weighted by molar-refractivity contribution is -0.138. The summed E-state index contributed by atoms with van der Waals surface area (Å²) < 4.78 is 0. The number of carbonyl (C=O) groups is 3. The van der Waals surface area contributed by atoms with Crippen LogP contribution in [0.5, 0.6) is 0 Å². The number of benzene rings is 2. The maximum absolute atomic E-state index is 12.3. The number of anilines is 1. The SMILES string of the molecule is CCSCc1ccc(C(=O)Nc2ccc(C(=O)NC(C)C(=O)O)cc2)cc1. The first-order valence-electron chi connectivity index (χ1n) is 8.52. The minimum atomic E-state index is -1.11. The van der Waals surface area contributed by atoms with Gasteiger partial charge in [-0.15, -0.1) is 0 Å². The predicted octanol–water partition coefficient (Wildman–Crippen LogP) is 3.39. The van der Waals surface area contributed by atoms with Crippen molar-refractivity contribution in [2.45, 2.75) is 25.6 Å². The molecule has 2 amide bonds. The highest BCUT2D eigenvalue weighted by Crippen LogP contribution is 2.15. The number of carboxylic acids is 1. The third-order valence-corrected chi connectivity index (χ3v) is 4.76. The summed E-state index contributed by atoms with van der Waals surface area (Å²) in [5, 5.41) is 14.0. The molecule has 3 N–H and O–H groups in total. The van der Waals surface area contributed by atoms with E-state index in [-0.39, 0.29) is 5.91 Å². The van der Waals surface area contributed by atoms with Gasteiger partial charge in [0.15, 0.2) is 0 Å². The molecule has 0 aromatic heterocycles. The van der Waals surface area contributed by atoms with E-state index in [0.29, 0.717) is 16.8 Å². The molecule has 2 aromatic rings. The van der Waals surface area contributed by atoms with Crippen molar-refractivity contribution >= 4 is 35.2 Å². The number of nitrogens with one attached hydrogen (secondary N) is 2. The summed E-state index contributed by atoms with van der Waals surface area (Å²) in [6, 6.07) is 12.7. The summed E-state index contributed by atoms with van der Waals surface area (Å²) >= 11 is 1.82. The minimum Gasteiger partial charge on any atom is -0.480 e. The van der Waals surface area contributed by atoms with Crippen LogP contribution in [0.1, 0.15) is 40.1 Å². The fourth-order valence-electron chi connectivity index (χ4n) is 2.22. The molecule has 27 heavy (non-hydrogen) atoms. The molecule has 0 saturated heterocycles. The second kappa shape index (κ2) is 9.78. The zero-order valence-corrected chi connectivity index (χ0v) is 16.0. The molecular weight excluding hydrogens is 364 g/mol. The van der Waals surface area contributed by atoms with Crippen molar-refractivity contribution in [3.8, 4) is 0 Å². The van der Waals surface area contributed by atoms with Gasteiger partial charge in [-0.1, -0.05) is 19.1 Å². The highest BCUT2D eigenvalue weighted by atomic mass is 32.2. The Balaban J connectivity index is 1.96. The van der Waals surface area contributed by atoms with Crippen LogP contribution in [0, 0.1) is 0 Å². The Morgan fingerprint density at radius 3 is 2.07 bits per heavy atom. The van der Waals surface area contributed by atoms with E-state index in [2.05, 4.69) is 17.6 Å². The molecule has 2 aromatic carbocycles. The first-order valence-corrected chi connectivity index (χ1v) is 9.68. The third kappa shape index (κ3) is 6.14. The quantitative estimate of drug-likeness (QED) is 0.646.